The zero-order valence-corrected chi connectivity index (χ0v) is 10.4. The predicted molar refractivity (Wildman–Crippen MR) is 66.0 cm³/mol. The van der Waals surface area contributed by atoms with Gasteiger partial charge in [0.15, 0.2) is 0 Å². The van der Waals surface area contributed by atoms with Gasteiger partial charge in [-0.3, -0.25) is 4.90 Å². The Morgan fingerprint density at radius 3 is 2.75 bits per heavy atom. The molecule has 0 radical (unpaired) electrons. The fraction of sp³-hybridized carbons (Fsp3) is 0.857. The first-order valence-electron chi connectivity index (χ1n) is 6.58. The van der Waals surface area contributed by atoms with Gasteiger partial charge in [0.05, 0.1) is 0 Å². The summed E-state index contributed by atoms with van der Waals surface area (Å²) in [5.41, 5.74) is -0.851. The van der Waals surface area contributed by atoms with Crippen molar-refractivity contribution in [3.8, 4) is 12.3 Å². The lowest BCUT2D eigenvalue weighted by Gasteiger charge is -2.53. The van der Waals surface area contributed by atoms with Crippen LogP contribution in [0.2, 0.25) is 0 Å². The molecule has 2 heteroatoms. The van der Waals surface area contributed by atoms with Crippen LogP contribution in [0.15, 0.2) is 0 Å². The maximum Gasteiger partial charge on any atom is 0.131 e. The van der Waals surface area contributed by atoms with Crippen molar-refractivity contribution in [2.45, 2.75) is 63.6 Å². The second kappa shape index (κ2) is 4.39. The van der Waals surface area contributed by atoms with Crippen molar-refractivity contribution in [3.05, 3.63) is 0 Å². The van der Waals surface area contributed by atoms with Gasteiger partial charge in [-0.1, -0.05) is 25.7 Å². The van der Waals surface area contributed by atoms with Gasteiger partial charge in [-0.15, -0.1) is 6.42 Å². The minimum atomic E-state index is -0.851. The van der Waals surface area contributed by atoms with Crippen LogP contribution in [0.25, 0.3) is 0 Å². The van der Waals surface area contributed by atoms with E-state index in [-0.39, 0.29) is 0 Å². The molecule has 2 fully saturated rings. The summed E-state index contributed by atoms with van der Waals surface area (Å²) in [4.78, 5) is 2.54. The zero-order chi connectivity index (χ0) is 11.8. The van der Waals surface area contributed by atoms with Crippen LogP contribution in [0, 0.1) is 18.3 Å². The largest absolute Gasteiger partial charge is 0.377 e. The van der Waals surface area contributed by atoms with Gasteiger partial charge in [0.2, 0.25) is 0 Å². The summed E-state index contributed by atoms with van der Waals surface area (Å²) >= 11 is 0. The first kappa shape index (κ1) is 12.0. The molecule has 0 amide bonds. The molecule has 0 aromatic heterocycles. The topological polar surface area (TPSA) is 23.5 Å². The molecule has 1 saturated carbocycles. The Labute approximate surface area is 99.0 Å². The van der Waals surface area contributed by atoms with E-state index >= 15 is 0 Å². The average molecular weight is 221 g/mol. The summed E-state index contributed by atoms with van der Waals surface area (Å²) in [6.07, 6.45) is 11.1. The highest BCUT2D eigenvalue weighted by Gasteiger charge is 2.49. The Kier molecular flexibility index (Phi) is 3.28. The first-order valence-corrected chi connectivity index (χ1v) is 6.58. The van der Waals surface area contributed by atoms with Gasteiger partial charge in [-0.25, -0.2) is 0 Å². The molecular formula is C14H23NO. The van der Waals surface area contributed by atoms with Gasteiger partial charge in [-0.05, 0) is 26.3 Å². The monoisotopic (exact) mass is 221 g/mol. The lowest BCUT2D eigenvalue weighted by molar-refractivity contribution is -0.0986. The van der Waals surface area contributed by atoms with Crippen LogP contribution in [0.3, 0.4) is 0 Å². The van der Waals surface area contributed by atoms with Gasteiger partial charge in [0.25, 0.3) is 0 Å². The molecule has 4 unspecified atom stereocenters. The van der Waals surface area contributed by atoms with Crippen LogP contribution in [0.4, 0.5) is 0 Å². The van der Waals surface area contributed by atoms with Crippen LogP contribution < -0.4 is 0 Å². The molecule has 0 aromatic carbocycles. The highest BCUT2D eigenvalue weighted by Crippen LogP contribution is 2.43. The Balaban J connectivity index is 2.27. The standard InChI is InChI=1S/C14H23NO/c1-4-14(16)10-11(3)15(5-2)13-9-7-6-8-12(13)14/h1,11-13,16H,5-10H2,2-3H3. The van der Waals surface area contributed by atoms with Gasteiger partial charge in [-0.2, -0.15) is 0 Å². The van der Waals surface area contributed by atoms with Gasteiger partial charge >= 0.3 is 0 Å². The minimum Gasteiger partial charge on any atom is -0.377 e. The molecule has 0 bridgehead atoms. The van der Waals surface area contributed by atoms with Crippen LogP contribution >= 0.6 is 0 Å². The number of aliphatic hydroxyl groups is 1. The lowest BCUT2D eigenvalue weighted by Crippen LogP contribution is -2.61. The van der Waals surface area contributed by atoms with Gasteiger partial charge < -0.3 is 5.11 Å². The summed E-state index contributed by atoms with van der Waals surface area (Å²) < 4.78 is 0. The minimum absolute atomic E-state index is 0.294. The third kappa shape index (κ3) is 1.77. The van der Waals surface area contributed by atoms with Crippen molar-refractivity contribution in [2.24, 2.45) is 5.92 Å². The van der Waals surface area contributed by atoms with Crippen molar-refractivity contribution in [1.29, 1.82) is 0 Å². The maximum absolute atomic E-state index is 10.6. The molecular weight excluding hydrogens is 198 g/mol. The first-order chi connectivity index (χ1) is 7.62. The van der Waals surface area contributed by atoms with Crippen LogP contribution in [-0.4, -0.2) is 34.2 Å². The van der Waals surface area contributed by atoms with E-state index in [4.69, 9.17) is 6.42 Å². The van der Waals surface area contributed by atoms with E-state index in [0.717, 1.165) is 19.4 Å². The third-order valence-corrected chi connectivity index (χ3v) is 4.56. The Bertz CT molecular complexity index is 296. The molecule has 2 nitrogen and oxygen atoms in total. The number of fused-ring (bicyclic) bond motifs is 1. The summed E-state index contributed by atoms with van der Waals surface area (Å²) in [6, 6.07) is 0.911. The van der Waals surface area contributed by atoms with E-state index in [9.17, 15) is 5.11 Å². The maximum atomic E-state index is 10.6. The highest BCUT2D eigenvalue weighted by atomic mass is 16.3. The third-order valence-electron chi connectivity index (χ3n) is 4.56. The molecule has 1 aliphatic heterocycles. The molecule has 2 rings (SSSR count). The van der Waals surface area contributed by atoms with Gasteiger partial charge in [0, 0.05) is 24.4 Å². The van der Waals surface area contributed by atoms with E-state index in [1.807, 2.05) is 0 Å². The van der Waals surface area contributed by atoms with Crippen LogP contribution in [0.1, 0.15) is 46.0 Å². The van der Waals surface area contributed by atoms with E-state index in [0.29, 0.717) is 18.0 Å². The molecule has 1 heterocycles. The Morgan fingerprint density at radius 2 is 2.12 bits per heavy atom. The van der Waals surface area contributed by atoms with E-state index in [1.54, 1.807) is 0 Å². The molecule has 1 N–H and O–H groups in total. The molecule has 90 valence electrons. The quantitative estimate of drug-likeness (QED) is 0.685. The summed E-state index contributed by atoms with van der Waals surface area (Å²) in [6.45, 7) is 5.47. The second-order valence-corrected chi connectivity index (χ2v) is 5.41. The van der Waals surface area contributed by atoms with Crippen molar-refractivity contribution in [3.63, 3.8) is 0 Å². The number of rotatable bonds is 1. The molecule has 4 atom stereocenters. The average Bonchev–Trinajstić information content (AvgIpc) is 2.30. The Hall–Kier alpha value is -0.520. The van der Waals surface area contributed by atoms with Crippen LogP contribution in [-0.2, 0) is 0 Å². The number of likely N-dealkylation sites (tertiary alicyclic amines) is 1. The highest BCUT2D eigenvalue weighted by molar-refractivity contribution is 5.17. The molecule has 1 saturated heterocycles. The lowest BCUT2D eigenvalue weighted by atomic mass is 9.67. The molecule has 0 aromatic rings. The van der Waals surface area contributed by atoms with Crippen molar-refractivity contribution in [1.82, 2.24) is 4.90 Å². The zero-order valence-electron chi connectivity index (χ0n) is 10.4. The number of piperidine rings is 1. The normalized spacial score (nSPS) is 44.8. The van der Waals surface area contributed by atoms with E-state index in [2.05, 4.69) is 24.7 Å². The number of terminal acetylenes is 1. The Morgan fingerprint density at radius 1 is 1.44 bits per heavy atom. The number of hydrogen-bond acceptors (Lipinski definition) is 2. The second-order valence-electron chi connectivity index (χ2n) is 5.41. The molecule has 0 spiro atoms. The smallest absolute Gasteiger partial charge is 0.131 e. The van der Waals surface area contributed by atoms with Crippen molar-refractivity contribution < 1.29 is 5.11 Å². The summed E-state index contributed by atoms with van der Waals surface area (Å²) in [5, 5.41) is 10.6. The fourth-order valence-corrected chi connectivity index (χ4v) is 3.82. The van der Waals surface area contributed by atoms with E-state index < -0.39 is 5.60 Å². The number of hydrogen-bond donors (Lipinski definition) is 1. The van der Waals surface area contributed by atoms with Gasteiger partial charge in [0.1, 0.15) is 5.60 Å². The molecule has 16 heavy (non-hydrogen) atoms. The SMILES string of the molecule is C#CC1(O)CC(C)N(CC)C2CCCCC21. The summed E-state index contributed by atoms with van der Waals surface area (Å²) in [7, 11) is 0. The molecule has 2 aliphatic rings. The predicted octanol–water partition coefficient (Wildman–Crippen LogP) is 2.02. The number of nitrogens with zero attached hydrogens (tertiary/aromatic N) is 1. The fourth-order valence-electron chi connectivity index (χ4n) is 3.82. The summed E-state index contributed by atoms with van der Waals surface area (Å²) in [5.74, 6) is 2.98. The van der Waals surface area contributed by atoms with Crippen molar-refractivity contribution >= 4 is 0 Å². The van der Waals surface area contributed by atoms with Crippen molar-refractivity contribution in [2.75, 3.05) is 6.54 Å². The molecule has 1 aliphatic carbocycles. The van der Waals surface area contributed by atoms with E-state index in [1.165, 1.54) is 19.3 Å². The van der Waals surface area contributed by atoms with Crippen LogP contribution in [0.5, 0.6) is 0 Å².